The van der Waals surface area contributed by atoms with Crippen LogP contribution in [0.5, 0.6) is 5.75 Å². The maximum Gasteiger partial charge on any atom is 0.341 e. The Morgan fingerprint density at radius 3 is 2.82 bits per heavy atom. The molecule has 7 heteroatoms. The van der Waals surface area contributed by atoms with Gasteiger partial charge < -0.3 is 19.9 Å². The van der Waals surface area contributed by atoms with Crippen molar-refractivity contribution in [2.75, 3.05) is 11.9 Å². The van der Waals surface area contributed by atoms with Gasteiger partial charge in [0.15, 0.2) is 6.61 Å². The minimum atomic E-state index is -1.08. The van der Waals surface area contributed by atoms with Crippen LogP contribution < -0.4 is 10.1 Å². The average molecular weight is 326 g/mol. The summed E-state index contributed by atoms with van der Waals surface area (Å²) in [5.74, 6) is -0.988. The SMILES string of the molecule is O=C(O)COc1ccc(NC(=O)C2CC3CCC2O3)cc1Cl. The average Bonchev–Trinajstić information content (AvgIpc) is 3.09. The number of amides is 1. The summed E-state index contributed by atoms with van der Waals surface area (Å²) in [6.07, 6.45) is 2.99. The number of rotatable bonds is 5. The van der Waals surface area contributed by atoms with E-state index < -0.39 is 12.6 Å². The monoisotopic (exact) mass is 325 g/mol. The lowest BCUT2D eigenvalue weighted by Gasteiger charge is -2.18. The van der Waals surface area contributed by atoms with Gasteiger partial charge in [-0.05, 0) is 37.5 Å². The zero-order chi connectivity index (χ0) is 15.7. The predicted octanol–water partition coefficient (Wildman–Crippen LogP) is 2.31. The molecule has 2 N–H and O–H groups in total. The second-order valence-electron chi connectivity index (χ2n) is 5.53. The summed E-state index contributed by atoms with van der Waals surface area (Å²) in [6, 6.07) is 4.72. The molecule has 2 bridgehead atoms. The number of ether oxygens (including phenoxy) is 2. The number of hydrogen-bond donors (Lipinski definition) is 2. The topological polar surface area (TPSA) is 84.9 Å². The Balaban J connectivity index is 1.62. The van der Waals surface area contributed by atoms with Gasteiger partial charge in [-0.2, -0.15) is 0 Å². The Morgan fingerprint density at radius 1 is 1.41 bits per heavy atom. The Kier molecular flexibility index (Phi) is 4.22. The number of carbonyl (C=O) groups excluding carboxylic acids is 1. The van der Waals surface area contributed by atoms with Crippen LogP contribution in [-0.2, 0) is 14.3 Å². The van der Waals surface area contributed by atoms with Crippen LogP contribution >= 0.6 is 11.6 Å². The fourth-order valence-electron chi connectivity index (χ4n) is 2.98. The minimum absolute atomic E-state index is 0.0265. The number of halogens is 1. The first-order chi connectivity index (χ1) is 10.5. The van der Waals surface area contributed by atoms with Crippen molar-refractivity contribution < 1.29 is 24.2 Å². The molecule has 118 valence electrons. The van der Waals surface area contributed by atoms with E-state index in [-0.39, 0.29) is 34.8 Å². The van der Waals surface area contributed by atoms with E-state index in [4.69, 9.17) is 26.2 Å². The van der Waals surface area contributed by atoms with Crippen LogP contribution in [-0.4, -0.2) is 35.8 Å². The van der Waals surface area contributed by atoms with Crippen LogP contribution in [0.25, 0.3) is 0 Å². The van der Waals surface area contributed by atoms with Crippen LogP contribution in [0.4, 0.5) is 5.69 Å². The lowest BCUT2D eigenvalue weighted by atomic mass is 9.88. The lowest BCUT2D eigenvalue weighted by molar-refractivity contribution is -0.139. The number of carboxylic acid groups (broad SMARTS) is 1. The van der Waals surface area contributed by atoms with E-state index in [0.29, 0.717) is 5.69 Å². The Labute approximate surface area is 132 Å². The highest BCUT2D eigenvalue weighted by Crippen LogP contribution is 2.39. The molecule has 2 saturated heterocycles. The fourth-order valence-corrected chi connectivity index (χ4v) is 3.22. The van der Waals surface area contributed by atoms with Gasteiger partial charge in [-0.1, -0.05) is 11.6 Å². The number of fused-ring (bicyclic) bond motifs is 2. The van der Waals surface area contributed by atoms with Crippen molar-refractivity contribution in [1.29, 1.82) is 0 Å². The third-order valence-electron chi connectivity index (χ3n) is 3.99. The van der Waals surface area contributed by atoms with E-state index in [9.17, 15) is 9.59 Å². The predicted molar refractivity (Wildman–Crippen MR) is 79.2 cm³/mol. The number of aliphatic carboxylic acids is 1. The Bertz CT molecular complexity index is 606. The summed E-state index contributed by atoms with van der Waals surface area (Å²) < 4.78 is 10.7. The van der Waals surface area contributed by atoms with E-state index >= 15 is 0 Å². The molecule has 2 heterocycles. The van der Waals surface area contributed by atoms with E-state index in [0.717, 1.165) is 19.3 Å². The molecular weight excluding hydrogens is 310 g/mol. The first kappa shape index (κ1) is 15.1. The maximum absolute atomic E-state index is 12.3. The molecule has 3 atom stereocenters. The first-order valence-corrected chi connectivity index (χ1v) is 7.51. The first-order valence-electron chi connectivity index (χ1n) is 7.13. The molecule has 0 radical (unpaired) electrons. The summed E-state index contributed by atoms with van der Waals surface area (Å²) >= 11 is 6.03. The number of carbonyl (C=O) groups is 2. The zero-order valence-corrected chi connectivity index (χ0v) is 12.5. The van der Waals surface area contributed by atoms with Crippen molar-refractivity contribution in [3.8, 4) is 5.75 Å². The molecular formula is C15H16ClNO5. The van der Waals surface area contributed by atoms with Gasteiger partial charge in [0.2, 0.25) is 5.91 Å². The second-order valence-corrected chi connectivity index (χ2v) is 5.94. The quantitative estimate of drug-likeness (QED) is 0.867. The lowest BCUT2D eigenvalue weighted by Crippen LogP contribution is -2.30. The molecule has 1 amide bonds. The summed E-state index contributed by atoms with van der Waals surface area (Å²) in [5, 5.41) is 11.7. The van der Waals surface area contributed by atoms with Crippen LogP contribution in [0, 0.1) is 5.92 Å². The van der Waals surface area contributed by atoms with E-state index in [2.05, 4.69) is 5.32 Å². The van der Waals surface area contributed by atoms with Gasteiger partial charge in [0.25, 0.3) is 0 Å². The number of nitrogens with one attached hydrogen (secondary N) is 1. The van der Waals surface area contributed by atoms with Crippen LogP contribution in [0.2, 0.25) is 5.02 Å². The van der Waals surface area contributed by atoms with Crippen molar-refractivity contribution in [3.63, 3.8) is 0 Å². The third kappa shape index (κ3) is 3.18. The van der Waals surface area contributed by atoms with Crippen LogP contribution in [0.15, 0.2) is 18.2 Å². The van der Waals surface area contributed by atoms with Crippen LogP contribution in [0.3, 0.4) is 0 Å². The number of carboxylic acids is 1. The molecule has 3 rings (SSSR count). The molecule has 6 nitrogen and oxygen atoms in total. The molecule has 3 unspecified atom stereocenters. The van der Waals surface area contributed by atoms with E-state index in [1.54, 1.807) is 12.1 Å². The second kappa shape index (κ2) is 6.14. The molecule has 0 spiro atoms. The van der Waals surface area contributed by atoms with Gasteiger partial charge in [0.1, 0.15) is 5.75 Å². The molecule has 0 aromatic heterocycles. The summed E-state index contributed by atoms with van der Waals surface area (Å²) in [4.78, 5) is 22.7. The van der Waals surface area contributed by atoms with Gasteiger partial charge >= 0.3 is 5.97 Å². The summed E-state index contributed by atoms with van der Waals surface area (Å²) in [6.45, 7) is -0.464. The highest BCUT2D eigenvalue weighted by atomic mass is 35.5. The largest absolute Gasteiger partial charge is 0.480 e. The molecule has 1 aromatic carbocycles. The van der Waals surface area contributed by atoms with Crippen LogP contribution in [0.1, 0.15) is 19.3 Å². The fraction of sp³-hybridized carbons (Fsp3) is 0.467. The molecule has 0 aliphatic carbocycles. The Morgan fingerprint density at radius 2 is 2.23 bits per heavy atom. The number of benzene rings is 1. The van der Waals surface area contributed by atoms with Crippen molar-refractivity contribution in [1.82, 2.24) is 0 Å². The minimum Gasteiger partial charge on any atom is -0.480 e. The van der Waals surface area contributed by atoms with Gasteiger partial charge in [0, 0.05) is 5.69 Å². The summed E-state index contributed by atoms with van der Waals surface area (Å²) in [7, 11) is 0. The smallest absolute Gasteiger partial charge is 0.341 e. The van der Waals surface area contributed by atoms with Crippen molar-refractivity contribution >= 4 is 29.2 Å². The van der Waals surface area contributed by atoms with Gasteiger partial charge in [-0.15, -0.1) is 0 Å². The normalized spacial score (nSPS) is 26.0. The highest BCUT2D eigenvalue weighted by molar-refractivity contribution is 6.32. The van der Waals surface area contributed by atoms with E-state index in [1.807, 2.05) is 0 Å². The molecule has 2 aliphatic heterocycles. The van der Waals surface area contributed by atoms with Gasteiger partial charge in [0.05, 0.1) is 23.1 Å². The van der Waals surface area contributed by atoms with Crippen molar-refractivity contribution in [3.05, 3.63) is 23.2 Å². The van der Waals surface area contributed by atoms with Gasteiger partial charge in [-0.25, -0.2) is 4.79 Å². The van der Waals surface area contributed by atoms with Gasteiger partial charge in [-0.3, -0.25) is 4.79 Å². The number of hydrogen-bond acceptors (Lipinski definition) is 4. The molecule has 0 saturated carbocycles. The molecule has 22 heavy (non-hydrogen) atoms. The number of anilines is 1. The molecule has 2 aliphatic rings. The van der Waals surface area contributed by atoms with Crippen molar-refractivity contribution in [2.45, 2.75) is 31.5 Å². The van der Waals surface area contributed by atoms with E-state index in [1.165, 1.54) is 6.07 Å². The zero-order valence-electron chi connectivity index (χ0n) is 11.8. The standard InChI is InChI=1S/C15H16ClNO5/c16-11-5-8(1-3-13(11)21-7-14(18)19)17-15(20)10-6-9-2-4-12(10)22-9/h1,3,5,9-10,12H,2,4,6-7H2,(H,17,20)(H,18,19). The molecule has 2 fully saturated rings. The third-order valence-corrected chi connectivity index (χ3v) is 4.29. The Hall–Kier alpha value is -1.79. The maximum atomic E-state index is 12.3. The molecule has 1 aromatic rings. The summed E-state index contributed by atoms with van der Waals surface area (Å²) in [5.41, 5.74) is 0.556. The van der Waals surface area contributed by atoms with Crippen molar-refractivity contribution in [2.24, 2.45) is 5.92 Å². The highest BCUT2D eigenvalue weighted by Gasteiger charge is 2.44.